The number of benzene rings is 9. The van der Waals surface area contributed by atoms with Crippen molar-refractivity contribution in [2.45, 2.75) is 57.8 Å². The van der Waals surface area contributed by atoms with E-state index in [9.17, 15) is 0 Å². The van der Waals surface area contributed by atoms with Crippen LogP contribution in [0, 0.1) is 0 Å². The van der Waals surface area contributed by atoms with Crippen LogP contribution in [0.25, 0.3) is 75.8 Å². The van der Waals surface area contributed by atoms with Gasteiger partial charge < -0.3 is 4.90 Å². The molecule has 0 atom stereocenters. The smallest absolute Gasteiger partial charge is 0.248 e. The lowest BCUT2D eigenvalue weighted by Gasteiger charge is -2.38. The lowest BCUT2D eigenvalue weighted by Crippen LogP contribution is -2.55. The maximum absolute atomic E-state index is 2.67. The number of hydrogen-bond donors (Lipinski definition) is 0. The Bertz CT molecular complexity index is 3880. The molecule has 0 unspecified atom stereocenters. The monoisotopic (exact) mass is 859 g/mol. The maximum atomic E-state index is 2.67. The van der Waals surface area contributed by atoms with E-state index < -0.39 is 0 Å². The fourth-order valence-corrected chi connectivity index (χ4v) is 14.6. The summed E-state index contributed by atoms with van der Waals surface area (Å²) in [5, 5.41) is 2.66. The third-order valence-corrected chi connectivity index (χ3v) is 18.0. The van der Waals surface area contributed by atoms with Crippen LogP contribution in [0.3, 0.4) is 0 Å². The third kappa shape index (κ3) is 4.53. The molecule has 0 saturated heterocycles. The van der Waals surface area contributed by atoms with Crippen LogP contribution in [0.2, 0.25) is 0 Å². The molecule has 5 aliphatic rings. The molecule has 0 saturated carbocycles. The van der Waals surface area contributed by atoms with Crippen LogP contribution in [0.1, 0.15) is 74.9 Å². The molecule has 2 aliphatic heterocycles. The maximum Gasteiger partial charge on any atom is 0.248 e. The first-order valence-electron chi connectivity index (χ1n) is 23.7. The van der Waals surface area contributed by atoms with Gasteiger partial charge in [0.15, 0.2) is 0 Å². The second-order valence-corrected chi connectivity index (χ2v) is 22.3. The number of nitrogens with zero attached hydrogens (tertiary/aromatic N) is 1. The quantitative estimate of drug-likeness (QED) is 0.157. The second kappa shape index (κ2) is 12.3. The van der Waals surface area contributed by atoms with Gasteiger partial charge in [0.2, 0.25) is 6.71 Å². The van der Waals surface area contributed by atoms with Crippen molar-refractivity contribution in [2.75, 3.05) is 4.90 Å². The van der Waals surface area contributed by atoms with Gasteiger partial charge in [-0.05, 0) is 148 Å². The number of thiophene rings is 1. The lowest BCUT2D eigenvalue weighted by molar-refractivity contribution is 0.660. The molecular formula is C63H46BNS. The van der Waals surface area contributed by atoms with Gasteiger partial charge in [0.05, 0.1) is 0 Å². The van der Waals surface area contributed by atoms with E-state index in [2.05, 4.69) is 216 Å². The van der Waals surface area contributed by atoms with Crippen molar-refractivity contribution < 1.29 is 0 Å². The van der Waals surface area contributed by atoms with Crippen LogP contribution < -0.4 is 21.3 Å². The summed E-state index contributed by atoms with van der Waals surface area (Å²) in [5.41, 5.74) is 29.5. The van der Waals surface area contributed by atoms with Gasteiger partial charge in [-0.3, -0.25) is 0 Å². The predicted octanol–water partition coefficient (Wildman–Crippen LogP) is 14.9. The minimum Gasteiger partial charge on any atom is -0.311 e. The average molecular weight is 860 g/mol. The van der Waals surface area contributed by atoms with Gasteiger partial charge in [0.1, 0.15) is 0 Å². The Balaban J connectivity index is 1.05. The molecule has 3 heterocycles. The van der Waals surface area contributed by atoms with Crippen molar-refractivity contribution in [1.29, 1.82) is 0 Å². The van der Waals surface area contributed by atoms with Crippen molar-refractivity contribution >= 4 is 71.7 Å². The molecule has 3 heteroatoms. The molecule has 66 heavy (non-hydrogen) atoms. The molecule has 3 aliphatic carbocycles. The molecule has 0 amide bonds. The van der Waals surface area contributed by atoms with Crippen molar-refractivity contribution in [3.63, 3.8) is 0 Å². The van der Waals surface area contributed by atoms with Crippen molar-refractivity contribution in [3.8, 4) is 55.6 Å². The topological polar surface area (TPSA) is 3.24 Å². The van der Waals surface area contributed by atoms with E-state index in [1.807, 2.05) is 11.3 Å². The van der Waals surface area contributed by atoms with Gasteiger partial charge in [-0.1, -0.05) is 168 Å². The second-order valence-electron chi connectivity index (χ2n) is 21.2. The fourth-order valence-electron chi connectivity index (χ4n) is 13.6. The Labute approximate surface area is 391 Å². The molecule has 312 valence electrons. The molecule has 1 aromatic heterocycles. The number of rotatable bonds is 2. The van der Waals surface area contributed by atoms with Crippen molar-refractivity contribution in [2.24, 2.45) is 0 Å². The van der Waals surface area contributed by atoms with Gasteiger partial charge in [-0.15, -0.1) is 11.3 Å². The van der Waals surface area contributed by atoms with Crippen molar-refractivity contribution in [3.05, 3.63) is 203 Å². The van der Waals surface area contributed by atoms with Gasteiger partial charge in [0.25, 0.3) is 0 Å². The Morgan fingerprint density at radius 1 is 0.364 bits per heavy atom. The first kappa shape index (κ1) is 37.3. The van der Waals surface area contributed by atoms with Gasteiger partial charge in [-0.2, -0.15) is 0 Å². The molecule has 9 aromatic carbocycles. The van der Waals surface area contributed by atoms with Crippen LogP contribution in [0.4, 0.5) is 17.1 Å². The third-order valence-electron chi connectivity index (χ3n) is 16.9. The van der Waals surface area contributed by atoms with E-state index in [1.54, 1.807) is 0 Å². The van der Waals surface area contributed by atoms with E-state index in [-0.39, 0.29) is 23.0 Å². The summed E-state index contributed by atoms with van der Waals surface area (Å²) in [6.45, 7) is 14.6. The van der Waals surface area contributed by atoms with E-state index in [0.717, 1.165) is 0 Å². The zero-order valence-electron chi connectivity index (χ0n) is 38.1. The first-order valence-corrected chi connectivity index (χ1v) is 24.5. The highest BCUT2D eigenvalue weighted by molar-refractivity contribution is 7.25. The van der Waals surface area contributed by atoms with Gasteiger partial charge in [0, 0.05) is 53.5 Å². The fraction of sp³-hybridized carbons (Fsp3) is 0.143. The zero-order valence-corrected chi connectivity index (χ0v) is 38.9. The van der Waals surface area contributed by atoms with Crippen molar-refractivity contribution in [1.82, 2.24) is 0 Å². The summed E-state index contributed by atoms with van der Waals surface area (Å²) in [5.74, 6) is 0. The molecular weight excluding hydrogens is 814 g/mol. The van der Waals surface area contributed by atoms with Crippen LogP contribution in [0.15, 0.2) is 170 Å². The first-order chi connectivity index (χ1) is 32.0. The summed E-state index contributed by atoms with van der Waals surface area (Å²) in [4.78, 5) is 2.67. The lowest BCUT2D eigenvalue weighted by atomic mass is 9.36. The minimum atomic E-state index is -0.149. The van der Waals surface area contributed by atoms with E-state index in [4.69, 9.17) is 0 Å². The van der Waals surface area contributed by atoms with Crippen LogP contribution in [-0.2, 0) is 16.2 Å². The number of hydrogen-bond acceptors (Lipinski definition) is 2. The van der Waals surface area contributed by atoms with E-state index >= 15 is 0 Å². The van der Waals surface area contributed by atoms with Crippen LogP contribution in [0.5, 0.6) is 0 Å². The Morgan fingerprint density at radius 3 is 1.62 bits per heavy atom. The predicted molar refractivity (Wildman–Crippen MR) is 282 cm³/mol. The Morgan fingerprint density at radius 2 is 0.924 bits per heavy atom. The summed E-state index contributed by atoms with van der Waals surface area (Å²) >= 11 is 1.89. The molecule has 1 nitrogen and oxygen atoms in total. The Kier molecular flexibility index (Phi) is 6.94. The highest BCUT2D eigenvalue weighted by atomic mass is 32.1. The minimum absolute atomic E-state index is 0.0751. The van der Waals surface area contributed by atoms with E-state index in [1.165, 1.54) is 143 Å². The molecule has 0 radical (unpaired) electrons. The van der Waals surface area contributed by atoms with Gasteiger partial charge >= 0.3 is 0 Å². The summed E-state index contributed by atoms with van der Waals surface area (Å²) < 4.78 is 2.67. The molecule has 15 rings (SSSR count). The van der Waals surface area contributed by atoms with Crippen LogP contribution in [-0.4, -0.2) is 6.71 Å². The normalized spacial score (nSPS) is 16.3. The SMILES string of the molecule is CC1(C)c2ccccc2-c2ccc(N3c4cc5c(cc4B4c6cc7c(cc6-c6cc(-c8ccc9sc%10ccccc%10c9c8)cc3c64)C(C)(C)c3ccccc3-7)-c3ccccc3C5(C)C)cc21. The van der Waals surface area contributed by atoms with Crippen LogP contribution >= 0.6 is 11.3 Å². The number of anilines is 3. The molecule has 10 aromatic rings. The molecule has 0 fully saturated rings. The summed E-state index contributed by atoms with van der Waals surface area (Å²) in [6, 6.07) is 66.2. The largest absolute Gasteiger partial charge is 0.311 e. The molecule has 0 N–H and O–H groups in total. The molecule has 0 bridgehead atoms. The molecule has 0 spiro atoms. The standard InChI is InChI=1S/C63H46BNS/c1-61(2)48-19-11-7-15-38(48)41-25-24-37(30-51(41)61)65-56-34-53-44(40-17-9-13-21-50(40)63(53,5)6)33-55(56)64-54-32-43-39-16-8-12-20-49(39)62(3,4)52(43)31-45(54)47-28-36(29-57(65)60(47)64)35-23-26-59-46(27-35)42-18-10-14-22-58(42)66-59/h7-34H,1-6H3. The summed E-state index contributed by atoms with van der Waals surface area (Å²) in [7, 11) is 0. The number of fused-ring (bicyclic) bond motifs is 17. The zero-order chi connectivity index (χ0) is 44.2. The van der Waals surface area contributed by atoms with Gasteiger partial charge in [-0.25, -0.2) is 0 Å². The van der Waals surface area contributed by atoms with E-state index in [0.29, 0.717) is 0 Å². The highest BCUT2D eigenvalue weighted by Crippen LogP contribution is 2.56. The highest BCUT2D eigenvalue weighted by Gasteiger charge is 2.48. The summed E-state index contributed by atoms with van der Waals surface area (Å²) in [6.07, 6.45) is 0. The average Bonchev–Trinajstić information content (AvgIpc) is 4.06. The Hall–Kier alpha value is -6.94.